The fraction of sp³-hybridized carbons (Fsp3) is 0.250. The van der Waals surface area contributed by atoms with Crippen molar-refractivity contribution in [1.82, 2.24) is 14.9 Å². The van der Waals surface area contributed by atoms with Crippen molar-refractivity contribution in [3.05, 3.63) is 95.3 Å². The maximum atomic E-state index is 13.2. The van der Waals surface area contributed by atoms with Crippen LogP contribution >= 0.6 is 0 Å². The summed E-state index contributed by atoms with van der Waals surface area (Å²) >= 11 is 0. The van der Waals surface area contributed by atoms with Crippen LogP contribution in [0.3, 0.4) is 0 Å². The van der Waals surface area contributed by atoms with E-state index in [1.54, 1.807) is 18.5 Å². The zero-order valence-electron chi connectivity index (χ0n) is 19.7. The maximum absolute atomic E-state index is 13.2. The Morgan fingerprint density at radius 2 is 1.74 bits per heavy atom. The number of hydrogen-bond acceptors (Lipinski definition) is 4. The number of amides is 2. The highest BCUT2D eigenvalue weighted by Gasteiger charge is 2.24. The second-order valence-corrected chi connectivity index (χ2v) is 8.89. The van der Waals surface area contributed by atoms with Crippen LogP contribution in [0.1, 0.15) is 27.0 Å². The molecular formula is C28H28N4O3. The molecule has 7 heteroatoms. The largest absolute Gasteiger partial charge is 0.375 e. The van der Waals surface area contributed by atoms with E-state index in [2.05, 4.69) is 39.9 Å². The number of nitrogens with zero attached hydrogens (tertiary/aromatic N) is 2. The fourth-order valence-electron chi connectivity index (χ4n) is 4.75. The van der Waals surface area contributed by atoms with Crippen molar-refractivity contribution in [3.8, 4) is 0 Å². The molecule has 1 heterocycles. The Hall–Kier alpha value is -3.97. The summed E-state index contributed by atoms with van der Waals surface area (Å²) in [6.07, 6.45) is 4.21. The lowest BCUT2D eigenvalue weighted by atomic mass is 10.1. The van der Waals surface area contributed by atoms with Gasteiger partial charge in [-0.2, -0.15) is 0 Å². The van der Waals surface area contributed by atoms with Gasteiger partial charge in [-0.05, 0) is 48.1 Å². The molecule has 0 saturated carbocycles. The number of methoxy groups -OCH3 is 1. The molecule has 0 atom stereocenters. The number of aromatic nitrogens is 2. The fourth-order valence-corrected chi connectivity index (χ4v) is 4.75. The normalized spacial score (nSPS) is 13.1. The number of benzene rings is 3. The first-order chi connectivity index (χ1) is 17.1. The monoisotopic (exact) mass is 468 g/mol. The molecule has 0 fully saturated rings. The zero-order valence-corrected chi connectivity index (χ0v) is 19.7. The van der Waals surface area contributed by atoms with E-state index in [9.17, 15) is 9.59 Å². The van der Waals surface area contributed by atoms with Crippen LogP contribution < -0.4 is 10.6 Å². The molecule has 35 heavy (non-hydrogen) atoms. The minimum Gasteiger partial charge on any atom is -0.375 e. The SMILES string of the molecule is COCC(=O)Nc1cc(C(=O)NC2Cc3ccccc3C2)cc2ncn(CCc3ccccc3)c12. The Morgan fingerprint density at radius 3 is 2.46 bits per heavy atom. The molecule has 3 aromatic carbocycles. The minimum atomic E-state index is -0.284. The van der Waals surface area contributed by atoms with Gasteiger partial charge in [-0.15, -0.1) is 0 Å². The van der Waals surface area contributed by atoms with E-state index >= 15 is 0 Å². The number of anilines is 1. The van der Waals surface area contributed by atoms with Gasteiger partial charge in [0.15, 0.2) is 0 Å². The Labute approximate surface area is 204 Å². The number of imidazole rings is 1. The van der Waals surface area contributed by atoms with Crippen LogP contribution in [0.2, 0.25) is 0 Å². The third kappa shape index (κ3) is 5.10. The van der Waals surface area contributed by atoms with E-state index < -0.39 is 0 Å². The standard InChI is InChI=1S/C28H28N4O3/c1-35-17-26(33)31-25-16-22(28(34)30-23-13-20-9-5-6-10-21(20)14-23)15-24-27(25)32(18-29-24)12-11-19-7-3-2-4-8-19/h2-10,15-16,18,23H,11-14,17H2,1H3,(H,30,34)(H,31,33). The van der Waals surface area contributed by atoms with Gasteiger partial charge in [-0.3, -0.25) is 9.59 Å². The van der Waals surface area contributed by atoms with Crippen LogP contribution in [0.4, 0.5) is 5.69 Å². The highest BCUT2D eigenvalue weighted by atomic mass is 16.5. The van der Waals surface area contributed by atoms with Crippen molar-refractivity contribution in [2.75, 3.05) is 19.0 Å². The molecule has 2 amide bonds. The van der Waals surface area contributed by atoms with Crippen molar-refractivity contribution in [2.24, 2.45) is 0 Å². The molecule has 0 saturated heterocycles. The van der Waals surface area contributed by atoms with Gasteiger partial charge in [-0.25, -0.2) is 4.98 Å². The summed E-state index contributed by atoms with van der Waals surface area (Å²) in [6.45, 7) is 0.621. The Morgan fingerprint density at radius 1 is 1.03 bits per heavy atom. The molecule has 0 spiro atoms. The van der Waals surface area contributed by atoms with Gasteiger partial charge in [-0.1, -0.05) is 54.6 Å². The molecular weight excluding hydrogens is 440 g/mol. The average molecular weight is 469 g/mol. The van der Waals surface area contributed by atoms with Gasteiger partial charge in [0.2, 0.25) is 5.91 Å². The summed E-state index contributed by atoms with van der Waals surface area (Å²) in [6, 6.07) is 22.1. The number of hydrogen-bond donors (Lipinski definition) is 2. The quantitative estimate of drug-likeness (QED) is 0.412. The Bertz CT molecular complexity index is 1340. The first-order valence-corrected chi connectivity index (χ1v) is 11.8. The molecule has 2 N–H and O–H groups in total. The van der Waals surface area contributed by atoms with E-state index in [0.717, 1.165) is 24.8 Å². The Balaban J connectivity index is 1.40. The van der Waals surface area contributed by atoms with Gasteiger partial charge in [0, 0.05) is 25.3 Å². The predicted molar refractivity (Wildman–Crippen MR) is 135 cm³/mol. The molecule has 1 aromatic heterocycles. The lowest BCUT2D eigenvalue weighted by Crippen LogP contribution is -2.35. The second kappa shape index (κ2) is 10.1. The summed E-state index contributed by atoms with van der Waals surface area (Å²) in [4.78, 5) is 30.1. The highest BCUT2D eigenvalue weighted by molar-refractivity contribution is 6.05. The number of rotatable bonds is 8. The van der Waals surface area contributed by atoms with Crippen molar-refractivity contribution < 1.29 is 14.3 Å². The minimum absolute atomic E-state index is 0.0468. The van der Waals surface area contributed by atoms with Crippen LogP contribution in [0.5, 0.6) is 0 Å². The van der Waals surface area contributed by atoms with Gasteiger partial charge in [0.25, 0.3) is 5.91 Å². The average Bonchev–Trinajstić information content (AvgIpc) is 3.47. The summed E-state index contributed by atoms with van der Waals surface area (Å²) in [5.74, 6) is -0.459. The van der Waals surface area contributed by atoms with E-state index in [4.69, 9.17) is 4.74 Å². The third-order valence-corrected chi connectivity index (χ3v) is 6.40. The van der Waals surface area contributed by atoms with E-state index in [-0.39, 0.29) is 24.5 Å². The summed E-state index contributed by atoms with van der Waals surface area (Å²) in [5.41, 5.74) is 6.23. The first-order valence-electron chi connectivity index (χ1n) is 11.8. The van der Waals surface area contributed by atoms with Crippen LogP contribution in [0.25, 0.3) is 11.0 Å². The molecule has 0 bridgehead atoms. The van der Waals surface area contributed by atoms with Crippen molar-refractivity contribution in [2.45, 2.75) is 31.8 Å². The van der Waals surface area contributed by atoms with Crippen LogP contribution in [0.15, 0.2) is 73.1 Å². The molecule has 5 rings (SSSR count). The van der Waals surface area contributed by atoms with Crippen LogP contribution in [-0.4, -0.2) is 41.1 Å². The van der Waals surface area contributed by atoms with Gasteiger partial charge in [0.05, 0.1) is 23.0 Å². The molecule has 4 aromatic rings. The number of carbonyl (C=O) groups excluding carboxylic acids is 2. The number of fused-ring (bicyclic) bond motifs is 2. The molecule has 0 aliphatic heterocycles. The van der Waals surface area contributed by atoms with Gasteiger partial charge in [0.1, 0.15) is 6.61 Å². The van der Waals surface area contributed by atoms with E-state index in [1.165, 1.54) is 23.8 Å². The second-order valence-electron chi connectivity index (χ2n) is 8.89. The van der Waals surface area contributed by atoms with E-state index in [1.807, 2.05) is 34.9 Å². The molecule has 1 aliphatic rings. The number of ether oxygens (including phenoxy) is 1. The van der Waals surface area contributed by atoms with Gasteiger partial charge >= 0.3 is 0 Å². The summed E-state index contributed by atoms with van der Waals surface area (Å²) < 4.78 is 7.00. The maximum Gasteiger partial charge on any atom is 0.251 e. The highest BCUT2D eigenvalue weighted by Crippen LogP contribution is 2.27. The van der Waals surface area contributed by atoms with Crippen LogP contribution in [0, 0.1) is 0 Å². The van der Waals surface area contributed by atoms with Crippen molar-refractivity contribution >= 4 is 28.5 Å². The van der Waals surface area contributed by atoms with Crippen molar-refractivity contribution in [3.63, 3.8) is 0 Å². The zero-order chi connectivity index (χ0) is 24.2. The molecule has 1 aliphatic carbocycles. The topological polar surface area (TPSA) is 85.2 Å². The number of carbonyl (C=O) groups is 2. The molecule has 0 unspecified atom stereocenters. The summed E-state index contributed by atoms with van der Waals surface area (Å²) in [7, 11) is 1.47. The van der Waals surface area contributed by atoms with Crippen molar-refractivity contribution in [1.29, 1.82) is 0 Å². The lowest BCUT2D eigenvalue weighted by molar-refractivity contribution is -0.119. The van der Waals surface area contributed by atoms with Gasteiger partial charge < -0.3 is 19.9 Å². The first kappa shape index (κ1) is 22.8. The number of aryl methyl sites for hydroxylation is 2. The lowest BCUT2D eigenvalue weighted by Gasteiger charge is -2.15. The molecule has 7 nitrogen and oxygen atoms in total. The number of nitrogens with one attached hydrogen (secondary N) is 2. The predicted octanol–water partition coefficient (Wildman–Crippen LogP) is 3.76. The van der Waals surface area contributed by atoms with Crippen LogP contribution in [-0.2, 0) is 35.3 Å². The van der Waals surface area contributed by atoms with E-state index in [0.29, 0.717) is 23.3 Å². The summed E-state index contributed by atoms with van der Waals surface area (Å²) in [5, 5.41) is 6.06. The Kier molecular flexibility index (Phi) is 6.59. The molecule has 0 radical (unpaired) electrons. The molecule has 178 valence electrons. The third-order valence-electron chi connectivity index (χ3n) is 6.40. The smallest absolute Gasteiger partial charge is 0.251 e.